The zero-order valence-electron chi connectivity index (χ0n) is 61.5. The SMILES string of the molecule is CC(C)(C)OC(=O)CCCOc1ccc(I)c(F)c1.CC/C(=C(\c1ccc2c(c1)c(F)nn2C1CCCCO1)c1ccc(OCCCC(=O)OC(C)(C)C)cc1F)c1ccccc1.CC/C(B1OC(C)(C)C(C)(C)O1)=C(/B1OC(C)(C)C(C)(C)O1)c1ccc2c(c1)c(F)nn2C1CCCCO1. The van der Waals surface area contributed by atoms with Gasteiger partial charge < -0.3 is 47.0 Å². The van der Waals surface area contributed by atoms with Gasteiger partial charge in [0, 0.05) is 47.3 Å². The van der Waals surface area contributed by atoms with Crippen molar-refractivity contribution < 1.29 is 74.2 Å². The van der Waals surface area contributed by atoms with E-state index in [0.717, 1.165) is 66.2 Å². The summed E-state index contributed by atoms with van der Waals surface area (Å²) in [5, 5.41) is 9.23. The van der Waals surface area contributed by atoms with Crippen LogP contribution < -0.4 is 9.47 Å². The van der Waals surface area contributed by atoms with Crippen molar-refractivity contribution in [2.45, 2.75) is 234 Å². The fraction of sp³-hybridized carbons (Fsp3) is 0.513. The molecule has 11 rings (SSSR count). The highest BCUT2D eigenvalue weighted by molar-refractivity contribution is 14.1. The number of ether oxygens (including phenoxy) is 6. The van der Waals surface area contributed by atoms with E-state index >= 15 is 13.2 Å². The molecule has 544 valence electrons. The van der Waals surface area contributed by atoms with E-state index in [1.54, 1.807) is 39.7 Å². The number of nitrogens with zero attached hydrogens (tertiary/aromatic N) is 4. The molecule has 2 aromatic heterocycles. The Morgan fingerprint density at radius 3 is 1.45 bits per heavy atom. The second-order valence-corrected chi connectivity index (χ2v) is 31.1. The number of hydrogen-bond acceptors (Lipinski definition) is 14. The Kier molecular flexibility index (Phi) is 25.7. The van der Waals surface area contributed by atoms with Gasteiger partial charge in [-0.25, -0.2) is 18.1 Å². The molecule has 5 aromatic carbocycles. The first-order valence-corrected chi connectivity index (χ1v) is 36.4. The molecule has 0 bridgehead atoms. The van der Waals surface area contributed by atoms with Crippen LogP contribution in [0.2, 0.25) is 0 Å². The lowest BCUT2D eigenvalue weighted by Crippen LogP contribution is -2.41. The summed E-state index contributed by atoms with van der Waals surface area (Å²) in [6, 6.07) is 30.6. The first-order chi connectivity index (χ1) is 47.6. The third-order valence-corrected chi connectivity index (χ3v) is 19.7. The van der Waals surface area contributed by atoms with Crippen molar-refractivity contribution in [3.8, 4) is 11.5 Å². The Morgan fingerprint density at radius 1 is 0.554 bits per heavy atom. The van der Waals surface area contributed by atoms with Gasteiger partial charge in [0.05, 0.1) is 57.4 Å². The zero-order chi connectivity index (χ0) is 73.4. The molecule has 4 fully saturated rings. The highest BCUT2D eigenvalue weighted by Crippen LogP contribution is 2.47. The molecule has 0 N–H and O–H groups in total. The van der Waals surface area contributed by atoms with Crippen LogP contribution in [0, 0.1) is 27.1 Å². The van der Waals surface area contributed by atoms with Gasteiger partial charge in [-0.15, -0.1) is 10.2 Å². The lowest BCUT2D eigenvalue weighted by atomic mass is 9.61. The number of fused-ring (bicyclic) bond motifs is 2. The molecule has 4 aliphatic rings. The molecular weight excluding hydrogens is 1410 g/mol. The molecule has 101 heavy (non-hydrogen) atoms. The fourth-order valence-electron chi connectivity index (χ4n) is 12.3. The largest absolute Gasteiger partial charge is 0.494 e. The van der Waals surface area contributed by atoms with Crippen LogP contribution in [0.4, 0.5) is 17.6 Å². The molecule has 2 atom stereocenters. The average molecular weight is 1510 g/mol. The zero-order valence-corrected chi connectivity index (χ0v) is 63.7. The second kappa shape index (κ2) is 33.0. The highest BCUT2D eigenvalue weighted by Gasteiger charge is 2.57. The van der Waals surface area contributed by atoms with E-state index in [4.69, 9.17) is 47.0 Å². The molecule has 0 radical (unpaired) electrons. The van der Waals surface area contributed by atoms with Gasteiger partial charge in [0.2, 0.25) is 11.9 Å². The minimum absolute atomic E-state index is 0.212. The van der Waals surface area contributed by atoms with Gasteiger partial charge in [0.1, 0.15) is 34.3 Å². The molecule has 0 aliphatic carbocycles. The normalized spacial score (nSPS) is 19.2. The summed E-state index contributed by atoms with van der Waals surface area (Å²) in [6.45, 7) is 33.2. The van der Waals surface area contributed by atoms with Gasteiger partial charge in [-0.05, 0) is 271 Å². The van der Waals surface area contributed by atoms with Crippen molar-refractivity contribution in [2.75, 3.05) is 26.4 Å². The monoisotopic (exact) mass is 1510 g/mol. The number of allylic oxidation sites excluding steroid dienone is 2. The number of carbonyl (C=O) groups excluding carboxylic acids is 2. The minimum Gasteiger partial charge on any atom is -0.493 e. The van der Waals surface area contributed by atoms with Crippen LogP contribution in [0.5, 0.6) is 11.5 Å². The summed E-state index contributed by atoms with van der Waals surface area (Å²) in [5.41, 5.74) is 4.42. The fourth-order valence-corrected chi connectivity index (χ4v) is 12.7. The third-order valence-electron chi connectivity index (χ3n) is 18.8. The summed E-state index contributed by atoms with van der Waals surface area (Å²) >= 11 is 1.92. The maximum absolute atomic E-state index is 16.0. The van der Waals surface area contributed by atoms with Crippen molar-refractivity contribution in [1.82, 2.24) is 19.6 Å². The molecule has 7 aromatic rings. The molecule has 6 heterocycles. The van der Waals surface area contributed by atoms with E-state index in [1.165, 1.54) is 12.1 Å². The molecule has 23 heteroatoms. The standard InChI is InChI=1S/C36H40F2N2O4.C28H41B2FN2O5.C14H18FIO3/c1-5-27(24-12-7-6-8-13-24)34(25-16-19-31-29(22-25)35(38)39-40(31)32-14-9-10-20-43-32)28-18-17-26(23-30(28)37)42-21-11-15-33(41)44-36(2,3)4;1-10-20(29-35-25(2,3)26(4,5)36-29)23(30-37-27(6,7)28(8,9)38-30)18-14-15-21-19(17-18)24(31)32-33(21)22-13-11-12-16-34-22;1-14(2,3)19-13(17)5-4-8-18-10-6-7-12(16)11(15)9-10/h6-8,12-13,16-19,22-23,32H,5,9-11,14-15,20-21H2,1-4H3;14-15,17,22H,10-13,16H2,1-9H3;6-7,9H,4-5,8H2,1-3H3/b34-27-;23-20-;. The Labute approximate surface area is 607 Å². The van der Waals surface area contributed by atoms with Gasteiger partial charge in [-0.1, -0.05) is 56.3 Å². The lowest BCUT2D eigenvalue weighted by Gasteiger charge is -2.32. The number of halogens is 5. The molecule has 0 spiro atoms. The van der Waals surface area contributed by atoms with E-state index in [9.17, 15) is 14.0 Å². The van der Waals surface area contributed by atoms with E-state index in [2.05, 4.69) is 17.1 Å². The van der Waals surface area contributed by atoms with Gasteiger partial charge >= 0.3 is 26.2 Å². The number of rotatable bonds is 20. The summed E-state index contributed by atoms with van der Waals surface area (Å²) in [7, 11) is -1.26. The van der Waals surface area contributed by atoms with Crippen LogP contribution >= 0.6 is 22.6 Å². The summed E-state index contributed by atoms with van der Waals surface area (Å²) in [5.74, 6) is -1.56. The van der Waals surface area contributed by atoms with Crippen LogP contribution in [0.25, 0.3) is 38.4 Å². The van der Waals surface area contributed by atoms with Gasteiger partial charge in [0.15, 0.2) is 12.5 Å². The Bertz CT molecular complexity index is 4060. The summed E-state index contributed by atoms with van der Waals surface area (Å²) in [6.07, 6.45) is 7.84. The average Bonchev–Trinajstić information content (AvgIpc) is 1.59. The maximum Gasteiger partial charge on any atom is 0.494 e. The van der Waals surface area contributed by atoms with E-state index in [0.29, 0.717) is 105 Å². The van der Waals surface area contributed by atoms with E-state index in [-0.39, 0.29) is 43.2 Å². The first-order valence-electron chi connectivity index (χ1n) is 35.4. The van der Waals surface area contributed by atoms with Crippen molar-refractivity contribution in [1.29, 1.82) is 0 Å². The van der Waals surface area contributed by atoms with Gasteiger partial charge in [0.25, 0.3) is 0 Å². The third kappa shape index (κ3) is 19.6. The Hall–Kier alpha value is -6.60. The molecule has 0 amide bonds. The number of carbonyl (C=O) groups is 2. The molecule has 0 saturated carbocycles. The van der Waals surface area contributed by atoms with Gasteiger partial charge in [-0.3, -0.25) is 9.59 Å². The topological polar surface area (TPSA) is 162 Å². The van der Waals surface area contributed by atoms with Crippen molar-refractivity contribution in [3.05, 3.63) is 158 Å². The lowest BCUT2D eigenvalue weighted by molar-refractivity contribution is -0.156. The van der Waals surface area contributed by atoms with Crippen LogP contribution in [0.15, 0.2) is 109 Å². The number of hydrogen-bond donors (Lipinski definition) is 0. The number of benzene rings is 5. The molecular formula is C78H99B2F4IN4O12. The summed E-state index contributed by atoms with van der Waals surface area (Å²) < 4.78 is 123. The van der Waals surface area contributed by atoms with Crippen molar-refractivity contribution in [2.24, 2.45) is 0 Å². The smallest absolute Gasteiger partial charge is 0.493 e. The molecule has 4 aliphatic heterocycles. The van der Waals surface area contributed by atoms with Crippen molar-refractivity contribution in [3.63, 3.8) is 0 Å². The molecule has 4 saturated heterocycles. The summed E-state index contributed by atoms with van der Waals surface area (Å²) in [4.78, 5) is 23.4. The van der Waals surface area contributed by atoms with Crippen LogP contribution in [0.1, 0.15) is 223 Å². The Balaban J connectivity index is 0.000000190. The maximum atomic E-state index is 16.0. The molecule has 16 nitrogen and oxygen atoms in total. The minimum atomic E-state index is -0.675. The predicted molar refractivity (Wildman–Crippen MR) is 396 cm³/mol. The van der Waals surface area contributed by atoms with Crippen LogP contribution in [-0.4, -0.2) is 106 Å². The van der Waals surface area contributed by atoms with Crippen LogP contribution in [0.3, 0.4) is 0 Å². The van der Waals surface area contributed by atoms with E-state index < -0.39 is 65.6 Å². The second-order valence-electron chi connectivity index (χ2n) is 29.9. The molecule has 2 unspecified atom stereocenters. The first kappa shape index (κ1) is 78.5. The quantitative estimate of drug-likeness (QED) is 0.0177. The predicted octanol–water partition coefficient (Wildman–Crippen LogP) is 19.1. The number of aromatic nitrogens is 4. The van der Waals surface area contributed by atoms with E-state index in [1.807, 2.05) is 187 Å². The van der Waals surface area contributed by atoms with Gasteiger partial charge in [-0.2, -0.15) is 8.78 Å². The van der Waals surface area contributed by atoms with Crippen LogP contribution in [-0.2, 0) is 47.2 Å². The number of esters is 2. The highest BCUT2D eigenvalue weighted by atomic mass is 127. The Morgan fingerprint density at radius 2 is 1.01 bits per heavy atom. The van der Waals surface area contributed by atoms with Crippen molar-refractivity contribution >= 4 is 87.2 Å².